The van der Waals surface area contributed by atoms with Crippen molar-refractivity contribution in [2.45, 2.75) is 39.5 Å². The van der Waals surface area contributed by atoms with Crippen LogP contribution >= 0.6 is 0 Å². The summed E-state index contributed by atoms with van der Waals surface area (Å²) in [7, 11) is 0. The summed E-state index contributed by atoms with van der Waals surface area (Å²) in [6, 6.07) is 4.95. The Labute approximate surface area is 158 Å². The first kappa shape index (κ1) is 21.3. The van der Waals surface area contributed by atoms with Crippen molar-refractivity contribution in [2.24, 2.45) is 10.4 Å². The molecule has 27 heavy (non-hydrogen) atoms. The van der Waals surface area contributed by atoms with E-state index in [2.05, 4.69) is 22.5 Å². The highest BCUT2D eigenvalue weighted by Gasteiger charge is 2.33. The first-order valence-corrected chi connectivity index (χ1v) is 9.19. The Morgan fingerprint density at radius 3 is 2.59 bits per heavy atom. The Morgan fingerprint density at radius 2 is 2.04 bits per heavy atom. The zero-order chi connectivity index (χ0) is 19.9. The van der Waals surface area contributed by atoms with Gasteiger partial charge in [-0.25, -0.2) is 0 Å². The number of benzene rings is 1. The van der Waals surface area contributed by atoms with Crippen LogP contribution in [0.4, 0.5) is 13.2 Å². The van der Waals surface area contributed by atoms with E-state index in [9.17, 15) is 13.2 Å². The molecule has 1 aliphatic heterocycles. The summed E-state index contributed by atoms with van der Waals surface area (Å²) in [5.74, 6) is 0.872. The fourth-order valence-corrected chi connectivity index (χ4v) is 2.57. The lowest BCUT2D eigenvalue weighted by Gasteiger charge is -2.36. The number of halogens is 3. The fourth-order valence-electron chi connectivity index (χ4n) is 2.57. The third-order valence-electron chi connectivity index (χ3n) is 4.28. The van der Waals surface area contributed by atoms with Gasteiger partial charge in [-0.15, -0.1) is 0 Å². The molecule has 2 N–H and O–H groups in total. The number of aliphatic imine (C=N–C) groups is 1. The molecule has 0 aliphatic carbocycles. The minimum atomic E-state index is -4.38. The molecule has 1 aromatic carbocycles. The Bertz CT molecular complexity index is 631. The van der Waals surface area contributed by atoms with E-state index in [0.717, 1.165) is 12.1 Å². The molecule has 152 valence electrons. The second-order valence-corrected chi connectivity index (χ2v) is 7.05. The Morgan fingerprint density at radius 1 is 1.30 bits per heavy atom. The predicted octanol–water partition coefficient (Wildman–Crippen LogP) is 3.45. The van der Waals surface area contributed by atoms with Gasteiger partial charge < -0.3 is 20.1 Å². The molecule has 0 radical (unpaired) electrons. The standard InChI is InChI=1S/C19H28F3N3O2/c1-4-15(27-16-8-6-7-14(9-16)19(20,21)22)10-24-17(23-5-2)25-11-18(3)12-26-13-18/h6-9,15H,4-5,10-13H2,1-3H3,(H2,23,24,25). The highest BCUT2D eigenvalue weighted by atomic mass is 19.4. The molecule has 1 fully saturated rings. The van der Waals surface area contributed by atoms with E-state index >= 15 is 0 Å². The van der Waals surface area contributed by atoms with Crippen molar-refractivity contribution >= 4 is 5.96 Å². The quantitative estimate of drug-likeness (QED) is 0.530. The van der Waals surface area contributed by atoms with E-state index in [1.54, 1.807) is 0 Å². The number of hydrogen-bond acceptors (Lipinski definition) is 3. The van der Waals surface area contributed by atoms with Crippen LogP contribution in [0.25, 0.3) is 0 Å². The summed E-state index contributed by atoms with van der Waals surface area (Å²) in [5.41, 5.74) is -0.644. The van der Waals surface area contributed by atoms with Crippen LogP contribution < -0.4 is 15.4 Å². The summed E-state index contributed by atoms with van der Waals surface area (Å²) in [4.78, 5) is 4.58. The van der Waals surface area contributed by atoms with Gasteiger partial charge in [0.25, 0.3) is 0 Å². The maximum atomic E-state index is 12.8. The lowest BCUT2D eigenvalue weighted by Crippen LogP contribution is -2.46. The lowest BCUT2D eigenvalue weighted by atomic mass is 9.89. The molecule has 0 amide bonds. The number of nitrogens with one attached hydrogen (secondary N) is 2. The summed E-state index contributed by atoms with van der Waals surface area (Å²) < 4.78 is 49.5. The third kappa shape index (κ3) is 6.61. The molecule has 0 bridgehead atoms. The SMILES string of the molecule is CCNC(=NCC1(C)COC1)NCC(CC)Oc1cccc(C(F)(F)F)c1. The second kappa shape index (κ2) is 9.30. The minimum Gasteiger partial charge on any atom is -0.489 e. The Kier molecular flexibility index (Phi) is 7.35. The maximum absolute atomic E-state index is 12.8. The average Bonchev–Trinajstić information content (AvgIpc) is 2.60. The van der Waals surface area contributed by atoms with E-state index < -0.39 is 11.7 Å². The van der Waals surface area contributed by atoms with Crippen LogP contribution in [0, 0.1) is 5.41 Å². The lowest BCUT2D eigenvalue weighted by molar-refractivity contribution is -0.137. The molecule has 8 heteroatoms. The third-order valence-corrected chi connectivity index (χ3v) is 4.28. The molecule has 1 aliphatic rings. The molecule has 1 saturated heterocycles. The molecule has 0 saturated carbocycles. The molecule has 1 heterocycles. The zero-order valence-electron chi connectivity index (χ0n) is 16.0. The molecule has 0 spiro atoms. The minimum absolute atomic E-state index is 0.0705. The monoisotopic (exact) mass is 387 g/mol. The summed E-state index contributed by atoms with van der Waals surface area (Å²) in [5, 5.41) is 6.38. The Hall–Kier alpha value is -1.96. The van der Waals surface area contributed by atoms with Gasteiger partial charge in [0, 0.05) is 12.0 Å². The van der Waals surface area contributed by atoms with E-state index in [4.69, 9.17) is 9.47 Å². The molecular weight excluding hydrogens is 359 g/mol. The molecule has 1 atom stereocenters. The zero-order valence-corrected chi connectivity index (χ0v) is 16.0. The second-order valence-electron chi connectivity index (χ2n) is 7.05. The Balaban J connectivity index is 1.93. The number of nitrogens with zero attached hydrogens (tertiary/aromatic N) is 1. The van der Waals surface area contributed by atoms with Crippen molar-refractivity contribution in [1.29, 1.82) is 0 Å². The highest BCUT2D eigenvalue weighted by Crippen LogP contribution is 2.31. The average molecular weight is 387 g/mol. The summed E-state index contributed by atoms with van der Waals surface area (Å²) in [6.07, 6.45) is -4.01. The van der Waals surface area contributed by atoms with E-state index in [0.29, 0.717) is 45.2 Å². The van der Waals surface area contributed by atoms with Crippen molar-refractivity contribution < 1.29 is 22.6 Å². The van der Waals surface area contributed by atoms with Gasteiger partial charge in [0.15, 0.2) is 5.96 Å². The van der Waals surface area contributed by atoms with Crippen molar-refractivity contribution in [3.05, 3.63) is 29.8 Å². The number of hydrogen-bond donors (Lipinski definition) is 2. The van der Waals surface area contributed by atoms with Gasteiger partial charge >= 0.3 is 6.18 Å². The molecular formula is C19H28F3N3O2. The van der Waals surface area contributed by atoms with Crippen molar-refractivity contribution in [1.82, 2.24) is 10.6 Å². The number of alkyl halides is 3. The number of guanidine groups is 1. The van der Waals surface area contributed by atoms with Crippen molar-refractivity contribution in [2.75, 3.05) is 32.8 Å². The first-order valence-electron chi connectivity index (χ1n) is 9.19. The van der Waals surface area contributed by atoms with Gasteiger partial charge in [-0.2, -0.15) is 13.2 Å². The van der Waals surface area contributed by atoms with Gasteiger partial charge in [0.05, 0.1) is 31.9 Å². The first-order chi connectivity index (χ1) is 12.8. The van der Waals surface area contributed by atoms with Crippen LogP contribution in [-0.2, 0) is 10.9 Å². The molecule has 2 rings (SSSR count). The van der Waals surface area contributed by atoms with Gasteiger partial charge in [-0.3, -0.25) is 4.99 Å². The molecule has 1 unspecified atom stereocenters. The van der Waals surface area contributed by atoms with Crippen LogP contribution in [0.5, 0.6) is 5.75 Å². The summed E-state index contributed by atoms with van der Waals surface area (Å²) in [6.45, 7) is 9.22. The number of rotatable bonds is 8. The van der Waals surface area contributed by atoms with Crippen molar-refractivity contribution in [3.8, 4) is 5.75 Å². The van der Waals surface area contributed by atoms with Crippen LogP contribution in [0.3, 0.4) is 0 Å². The fraction of sp³-hybridized carbons (Fsp3) is 0.632. The van der Waals surface area contributed by atoms with Gasteiger partial charge in [-0.1, -0.05) is 19.9 Å². The van der Waals surface area contributed by atoms with Crippen LogP contribution in [0.1, 0.15) is 32.8 Å². The van der Waals surface area contributed by atoms with E-state index in [1.165, 1.54) is 12.1 Å². The topological polar surface area (TPSA) is 54.9 Å². The van der Waals surface area contributed by atoms with Gasteiger partial charge in [0.2, 0.25) is 0 Å². The van der Waals surface area contributed by atoms with Gasteiger partial charge in [-0.05, 0) is 31.5 Å². The predicted molar refractivity (Wildman–Crippen MR) is 99.1 cm³/mol. The maximum Gasteiger partial charge on any atom is 0.416 e. The largest absolute Gasteiger partial charge is 0.489 e. The van der Waals surface area contributed by atoms with Crippen LogP contribution in [0.15, 0.2) is 29.3 Å². The van der Waals surface area contributed by atoms with Crippen molar-refractivity contribution in [3.63, 3.8) is 0 Å². The highest BCUT2D eigenvalue weighted by molar-refractivity contribution is 5.79. The molecule has 5 nitrogen and oxygen atoms in total. The molecule has 1 aromatic rings. The summed E-state index contributed by atoms with van der Waals surface area (Å²) >= 11 is 0. The smallest absolute Gasteiger partial charge is 0.416 e. The van der Waals surface area contributed by atoms with Crippen LogP contribution in [0.2, 0.25) is 0 Å². The van der Waals surface area contributed by atoms with Crippen LogP contribution in [-0.4, -0.2) is 44.9 Å². The normalized spacial score (nSPS) is 17.8. The van der Waals surface area contributed by atoms with E-state index in [1.807, 2.05) is 13.8 Å². The van der Waals surface area contributed by atoms with Gasteiger partial charge in [0.1, 0.15) is 11.9 Å². The van der Waals surface area contributed by atoms with E-state index in [-0.39, 0.29) is 17.3 Å². The number of ether oxygens (including phenoxy) is 2. The molecule has 0 aromatic heterocycles.